The number of benzene rings is 1. The van der Waals surface area contributed by atoms with Crippen LogP contribution in [0.4, 0.5) is 0 Å². The van der Waals surface area contributed by atoms with E-state index < -0.39 is 0 Å². The van der Waals surface area contributed by atoms with Crippen LogP contribution in [0.15, 0.2) is 29.3 Å². The molecule has 1 aliphatic heterocycles. The van der Waals surface area contributed by atoms with Crippen molar-refractivity contribution in [2.75, 3.05) is 33.2 Å². The number of nitrogens with zero attached hydrogens (tertiary/aromatic N) is 2. The minimum atomic E-state index is 0. The molecule has 1 aromatic carbocycles. The van der Waals surface area contributed by atoms with E-state index in [0.717, 1.165) is 31.5 Å². The van der Waals surface area contributed by atoms with E-state index in [0.29, 0.717) is 0 Å². The lowest BCUT2D eigenvalue weighted by molar-refractivity contribution is 0.220. The van der Waals surface area contributed by atoms with Crippen molar-refractivity contribution in [2.45, 2.75) is 33.2 Å². The Bertz CT molecular complexity index is 482. The lowest BCUT2D eigenvalue weighted by atomic mass is 9.97. The third kappa shape index (κ3) is 7.52. The lowest BCUT2D eigenvalue weighted by Gasteiger charge is -2.29. The Balaban J connectivity index is 0.00000264. The van der Waals surface area contributed by atoms with Crippen LogP contribution in [0, 0.1) is 12.8 Å². The van der Waals surface area contributed by atoms with Crippen LogP contribution in [0.1, 0.15) is 30.9 Å². The van der Waals surface area contributed by atoms with Crippen molar-refractivity contribution in [3.8, 4) is 0 Å². The Morgan fingerprint density at radius 2 is 2.00 bits per heavy atom. The van der Waals surface area contributed by atoms with E-state index in [2.05, 4.69) is 60.7 Å². The van der Waals surface area contributed by atoms with Gasteiger partial charge >= 0.3 is 0 Å². The van der Waals surface area contributed by atoms with Gasteiger partial charge in [-0.05, 0) is 58.3 Å². The average molecular weight is 430 g/mol. The van der Waals surface area contributed by atoms with E-state index in [1.54, 1.807) is 0 Å². The molecule has 0 unspecified atom stereocenters. The molecule has 1 aliphatic rings. The number of hydrogen-bond acceptors (Lipinski definition) is 2. The summed E-state index contributed by atoms with van der Waals surface area (Å²) in [5, 5.41) is 6.85. The SMILES string of the molecule is CCNC(=NCc1cccc(C)c1)NCC1CCN(C)CC1.I. The van der Waals surface area contributed by atoms with Gasteiger partial charge in [0.2, 0.25) is 0 Å². The van der Waals surface area contributed by atoms with Gasteiger partial charge in [0.05, 0.1) is 6.54 Å². The fourth-order valence-corrected chi connectivity index (χ4v) is 2.83. The van der Waals surface area contributed by atoms with Gasteiger partial charge in [0, 0.05) is 13.1 Å². The highest BCUT2D eigenvalue weighted by Crippen LogP contribution is 2.14. The van der Waals surface area contributed by atoms with Gasteiger partial charge < -0.3 is 15.5 Å². The maximum atomic E-state index is 4.71. The number of guanidine groups is 1. The summed E-state index contributed by atoms with van der Waals surface area (Å²) >= 11 is 0. The molecule has 0 aromatic heterocycles. The van der Waals surface area contributed by atoms with E-state index in [1.807, 2.05) is 0 Å². The van der Waals surface area contributed by atoms with Crippen LogP contribution < -0.4 is 10.6 Å². The number of aliphatic imine (C=N–C) groups is 1. The Morgan fingerprint density at radius 3 is 2.65 bits per heavy atom. The van der Waals surface area contributed by atoms with Crippen molar-refractivity contribution in [3.05, 3.63) is 35.4 Å². The highest BCUT2D eigenvalue weighted by molar-refractivity contribution is 14.0. The zero-order chi connectivity index (χ0) is 15.8. The average Bonchev–Trinajstić information content (AvgIpc) is 2.52. The first kappa shape index (κ1) is 20.2. The van der Waals surface area contributed by atoms with E-state index in [-0.39, 0.29) is 24.0 Å². The first-order valence-electron chi connectivity index (χ1n) is 8.43. The molecule has 2 N–H and O–H groups in total. The molecule has 1 saturated heterocycles. The first-order chi connectivity index (χ1) is 10.7. The van der Waals surface area contributed by atoms with Gasteiger partial charge in [-0.25, -0.2) is 4.99 Å². The van der Waals surface area contributed by atoms with E-state index >= 15 is 0 Å². The second kappa shape index (κ2) is 10.9. The van der Waals surface area contributed by atoms with Crippen molar-refractivity contribution in [2.24, 2.45) is 10.9 Å². The molecule has 0 spiro atoms. The zero-order valence-electron chi connectivity index (χ0n) is 14.6. The standard InChI is InChI=1S/C18H30N4.HI/c1-4-19-18(20-13-16-8-10-22(3)11-9-16)21-14-17-7-5-6-15(2)12-17;/h5-7,12,16H,4,8-11,13-14H2,1-3H3,(H2,19,20,21);1H. The fourth-order valence-electron chi connectivity index (χ4n) is 2.83. The fraction of sp³-hybridized carbons (Fsp3) is 0.611. The van der Waals surface area contributed by atoms with Crippen LogP contribution in [0.5, 0.6) is 0 Å². The van der Waals surface area contributed by atoms with Crippen LogP contribution in [0.3, 0.4) is 0 Å². The highest BCUT2D eigenvalue weighted by atomic mass is 127. The zero-order valence-corrected chi connectivity index (χ0v) is 17.0. The molecular formula is C18H31IN4. The van der Waals surface area contributed by atoms with Gasteiger partial charge in [-0.1, -0.05) is 29.8 Å². The Labute approximate surface area is 158 Å². The molecule has 1 fully saturated rings. The second-order valence-corrected chi connectivity index (χ2v) is 6.31. The van der Waals surface area contributed by atoms with Crippen molar-refractivity contribution >= 4 is 29.9 Å². The van der Waals surface area contributed by atoms with Gasteiger partial charge in [0.1, 0.15) is 0 Å². The quantitative estimate of drug-likeness (QED) is 0.429. The van der Waals surface area contributed by atoms with Crippen LogP contribution in [-0.4, -0.2) is 44.1 Å². The molecule has 1 aromatic rings. The summed E-state index contributed by atoms with van der Waals surface area (Å²) in [6, 6.07) is 8.55. The summed E-state index contributed by atoms with van der Waals surface area (Å²) in [5.41, 5.74) is 2.55. The number of aryl methyl sites for hydroxylation is 1. The molecule has 5 heteroatoms. The smallest absolute Gasteiger partial charge is 0.191 e. The molecule has 0 atom stereocenters. The van der Waals surface area contributed by atoms with Gasteiger partial charge in [0.15, 0.2) is 5.96 Å². The first-order valence-corrected chi connectivity index (χ1v) is 8.43. The Hall–Kier alpha value is -0.820. The summed E-state index contributed by atoms with van der Waals surface area (Å²) < 4.78 is 0. The topological polar surface area (TPSA) is 39.7 Å². The summed E-state index contributed by atoms with van der Waals surface area (Å²) in [6.45, 7) is 9.30. The summed E-state index contributed by atoms with van der Waals surface area (Å²) in [7, 11) is 2.21. The second-order valence-electron chi connectivity index (χ2n) is 6.31. The largest absolute Gasteiger partial charge is 0.357 e. The normalized spacial score (nSPS) is 16.7. The minimum Gasteiger partial charge on any atom is -0.357 e. The van der Waals surface area contributed by atoms with Crippen molar-refractivity contribution in [3.63, 3.8) is 0 Å². The molecule has 0 aliphatic carbocycles. The molecule has 0 saturated carbocycles. The van der Waals surface area contributed by atoms with Crippen LogP contribution in [0.2, 0.25) is 0 Å². The van der Waals surface area contributed by atoms with Crippen molar-refractivity contribution in [1.82, 2.24) is 15.5 Å². The van der Waals surface area contributed by atoms with Gasteiger partial charge in [-0.3, -0.25) is 0 Å². The molecular weight excluding hydrogens is 399 g/mol. The van der Waals surface area contributed by atoms with Gasteiger partial charge in [-0.15, -0.1) is 24.0 Å². The summed E-state index contributed by atoms with van der Waals surface area (Å²) in [4.78, 5) is 7.12. The molecule has 130 valence electrons. The molecule has 0 radical (unpaired) electrons. The van der Waals surface area contributed by atoms with Crippen LogP contribution >= 0.6 is 24.0 Å². The lowest BCUT2D eigenvalue weighted by Crippen LogP contribution is -2.42. The molecule has 4 nitrogen and oxygen atoms in total. The maximum absolute atomic E-state index is 4.71. The predicted molar refractivity (Wildman–Crippen MR) is 110 cm³/mol. The van der Waals surface area contributed by atoms with Gasteiger partial charge in [0.25, 0.3) is 0 Å². The summed E-state index contributed by atoms with van der Waals surface area (Å²) in [6.07, 6.45) is 2.56. The number of rotatable bonds is 5. The third-order valence-corrected chi connectivity index (χ3v) is 4.24. The van der Waals surface area contributed by atoms with Crippen LogP contribution in [-0.2, 0) is 6.54 Å². The summed E-state index contributed by atoms with van der Waals surface area (Å²) in [5.74, 6) is 1.70. The minimum absolute atomic E-state index is 0. The Kier molecular flexibility index (Phi) is 9.55. The predicted octanol–water partition coefficient (Wildman–Crippen LogP) is 3.01. The number of piperidine rings is 1. The van der Waals surface area contributed by atoms with E-state index in [1.165, 1.54) is 37.1 Å². The molecule has 0 amide bonds. The molecule has 23 heavy (non-hydrogen) atoms. The van der Waals surface area contributed by atoms with Crippen molar-refractivity contribution < 1.29 is 0 Å². The monoisotopic (exact) mass is 430 g/mol. The van der Waals surface area contributed by atoms with E-state index in [4.69, 9.17) is 4.99 Å². The highest BCUT2D eigenvalue weighted by Gasteiger charge is 2.16. The maximum Gasteiger partial charge on any atom is 0.191 e. The van der Waals surface area contributed by atoms with Gasteiger partial charge in [-0.2, -0.15) is 0 Å². The number of halogens is 1. The van der Waals surface area contributed by atoms with E-state index in [9.17, 15) is 0 Å². The van der Waals surface area contributed by atoms with Crippen LogP contribution in [0.25, 0.3) is 0 Å². The number of nitrogens with one attached hydrogen (secondary N) is 2. The Morgan fingerprint density at radius 1 is 1.26 bits per heavy atom. The number of hydrogen-bond donors (Lipinski definition) is 2. The molecule has 0 bridgehead atoms. The van der Waals surface area contributed by atoms with Crippen molar-refractivity contribution in [1.29, 1.82) is 0 Å². The molecule has 2 rings (SSSR count). The number of likely N-dealkylation sites (tertiary alicyclic amines) is 1. The third-order valence-electron chi connectivity index (χ3n) is 4.24. The molecule has 1 heterocycles.